The summed E-state index contributed by atoms with van der Waals surface area (Å²) in [7, 11) is -3.92. The Morgan fingerprint density at radius 3 is 2.62 bits per heavy atom. The minimum atomic E-state index is -3.92. The molecule has 6 rings (SSSR count). The molecule has 0 radical (unpaired) electrons. The van der Waals surface area contributed by atoms with Crippen molar-refractivity contribution in [3.63, 3.8) is 0 Å². The molecule has 0 saturated carbocycles. The zero-order valence-electron chi connectivity index (χ0n) is 21.1. The molecule has 0 aromatic heterocycles. The second-order valence-electron chi connectivity index (χ2n) is 10.3. The lowest BCUT2D eigenvalue weighted by atomic mass is 9.84. The van der Waals surface area contributed by atoms with Crippen molar-refractivity contribution in [1.29, 1.82) is 0 Å². The van der Waals surface area contributed by atoms with Crippen LogP contribution in [0.15, 0.2) is 71.6 Å². The fraction of sp³-hybridized carbons (Fsp3) is 0.345. The molecule has 1 saturated heterocycles. The van der Waals surface area contributed by atoms with E-state index in [2.05, 4.69) is 10.8 Å². The van der Waals surface area contributed by atoms with E-state index in [0.717, 1.165) is 29.7 Å². The van der Waals surface area contributed by atoms with Crippen LogP contribution in [-0.2, 0) is 32.5 Å². The Morgan fingerprint density at radius 1 is 1.08 bits per heavy atom. The molecule has 3 heterocycles. The normalized spacial score (nSPS) is 23.8. The number of sulfonamides is 1. The van der Waals surface area contributed by atoms with Gasteiger partial charge in [-0.3, -0.25) is 9.52 Å². The molecule has 0 bridgehead atoms. The van der Waals surface area contributed by atoms with E-state index < -0.39 is 34.2 Å². The molecule has 0 unspecified atom stereocenters. The predicted octanol–water partition coefficient (Wildman–Crippen LogP) is 3.60. The minimum Gasteiger partial charge on any atom is -0.487 e. The fourth-order valence-electron chi connectivity index (χ4n) is 5.81. The third kappa shape index (κ3) is 5.11. The van der Waals surface area contributed by atoms with Gasteiger partial charge in [0.05, 0.1) is 24.0 Å². The number of anilines is 1. The largest absolute Gasteiger partial charge is 0.487 e. The van der Waals surface area contributed by atoms with E-state index in [1.807, 2.05) is 23.1 Å². The SMILES string of the molecule is O=C(C[C@H]1C[C@@H]2c3cc(NS(=O)(=O)c4ccc(F)cc4)ccc3O[C@@H]2[C@H](CO)O1)N1CCc2ccccc2C1. The summed E-state index contributed by atoms with van der Waals surface area (Å²) >= 11 is 0. The summed E-state index contributed by atoms with van der Waals surface area (Å²) in [5, 5.41) is 10.1. The smallest absolute Gasteiger partial charge is 0.261 e. The van der Waals surface area contributed by atoms with Gasteiger partial charge in [0, 0.05) is 30.3 Å². The number of carbonyl (C=O) groups is 1. The van der Waals surface area contributed by atoms with E-state index in [9.17, 15) is 22.7 Å². The lowest BCUT2D eigenvalue weighted by Crippen LogP contribution is -2.48. The molecule has 3 aliphatic rings. The topological polar surface area (TPSA) is 105 Å². The van der Waals surface area contributed by atoms with Gasteiger partial charge in [0.2, 0.25) is 5.91 Å². The van der Waals surface area contributed by atoms with Crippen LogP contribution in [-0.4, -0.2) is 55.8 Å². The molecule has 3 aromatic carbocycles. The molecule has 3 aliphatic heterocycles. The van der Waals surface area contributed by atoms with Crippen LogP contribution in [0.5, 0.6) is 5.75 Å². The summed E-state index contributed by atoms with van der Waals surface area (Å²) in [4.78, 5) is 15.0. The standard InChI is InChI=1S/C29H29FN2O6S/c30-20-5-8-23(9-6-20)39(35,36)31-21-7-10-26-24(13-21)25-14-22(37-27(17-33)29(25)38-26)15-28(34)32-12-11-18-3-1-2-4-19(18)16-32/h1-10,13,22,25,27,29,31,33H,11-12,14-17H2/t22-,25-,27+,29+/m1/s1. The maximum Gasteiger partial charge on any atom is 0.261 e. The van der Waals surface area contributed by atoms with Gasteiger partial charge in [0.1, 0.15) is 23.8 Å². The number of hydrogen-bond donors (Lipinski definition) is 2. The highest BCUT2D eigenvalue weighted by atomic mass is 32.2. The Labute approximate surface area is 226 Å². The van der Waals surface area contributed by atoms with Crippen LogP contribution in [0.3, 0.4) is 0 Å². The number of hydrogen-bond acceptors (Lipinski definition) is 6. The molecule has 1 fully saturated rings. The average Bonchev–Trinajstić information content (AvgIpc) is 3.30. The zero-order valence-corrected chi connectivity index (χ0v) is 21.9. The number of amides is 1. The van der Waals surface area contributed by atoms with Crippen molar-refractivity contribution >= 4 is 21.6 Å². The third-order valence-corrected chi connectivity index (χ3v) is 9.16. The maximum absolute atomic E-state index is 13.3. The van der Waals surface area contributed by atoms with Crippen molar-refractivity contribution < 1.29 is 32.2 Å². The van der Waals surface area contributed by atoms with Crippen molar-refractivity contribution in [2.45, 2.75) is 54.9 Å². The number of nitrogens with one attached hydrogen (secondary N) is 1. The van der Waals surface area contributed by atoms with Crippen LogP contribution in [0, 0.1) is 5.82 Å². The van der Waals surface area contributed by atoms with Gasteiger partial charge in [-0.25, -0.2) is 12.8 Å². The van der Waals surface area contributed by atoms with Crippen LogP contribution >= 0.6 is 0 Å². The predicted molar refractivity (Wildman–Crippen MR) is 141 cm³/mol. The van der Waals surface area contributed by atoms with Crippen LogP contribution in [0.4, 0.5) is 10.1 Å². The van der Waals surface area contributed by atoms with Crippen molar-refractivity contribution in [2.24, 2.45) is 0 Å². The van der Waals surface area contributed by atoms with Crippen molar-refractivity contribution in [3.05, 3.63) is 89.2 Å². The molecule has 1 amide bonds. The Hall–Kier alpha value is -3.47. The average molecular weight is 553 g/mol. The highest BCUT2D eigenvalue weighted by Crippen LogP contribution is 2.47. The molecule has 0 aliphatic carbocycles. The number of nitrogens with zero attached hydrogens (tertiary/aromatic N) is 1. The van der Waals surface area contributed by atoms with Gasteiger partial charge in [-0.2, -0.15) is 0 Å². The Balaban J connectivity index is 1.18. The minimum absolute atomic E-state index is 0.00425. The molecule has 4 atom stereocenters. The molecule has 10 heteroatoms. The Bertz CT molecular complexity index is 1500. The van der Waals surface area contributed by atoms with E-state index in [1.165, 1.54) is 17.7 Å². The van der Waals surface area contributed by atoms with E-state index in [-0.39, 0.29) is 29.7 Å². The van der Waals surface area contributed by atoms with Crippen LogP contribution in [0.25, 0.3) is 0 Å². The summed E-state index contributed by atoms with van der Waals surface area (Å²) in [5.41, 5.74) is 3.56. The highest BCUT2D eigenvalue weighted by Gasteiger charge is 2.46. The number of aliphatic hydroxyl groups is 1. The fourth-order valence-corrected chi connectivity index (χ4v) is 6.86. The molecule has 8 nitrogen and oxygen atoms in total. The lowest BCUT2D eigenvalue weighted by Gasteiger charge is -2.38. The second kappa shape index (κ2) is 10.3. The number of carbonyl (C=O) groups excluding carboxylic acids is 1. The summed E-state index contributed by atoms with van der Waals surface area (Å²) in [6, 6.07) is 17.7. The number of fused-ring (bicyclic) bond motifs is 4. The van der Waals surface area contributed by atoms with Crippen molar-refractivity contribution in [2.75, 3.05) is 17.9 Å². The first kappa shape index (κ1) is 25.8. The molecule has 0 spiro atoms. The summed E-state index contributed by atoms with van der Waals surface area (Å²) < 4.78 is 53.7. The quantitative estimate of drug-likeness (QED) is 0.484. The van der Waals surface area contributed by atoms with Crippen LogP contribution < -0.4 is 9.46 Å². The van der Waals surface area contributed by atoms with Crippen LogP contribution in [0.2, 0.25) is 0 Å². The van der Waals surface area contributed by atoms with Crippen molar-refractivity contribution in [3.8, 4) is 5.75 Å². The van der Waals surface area contributed by atoms with Crippen LogP contribution in [0.1, 0.15) is 35.4 Å². The van der Waals surface area contributed by atoms with Crippen molar-refractivity contribution in [1.82, 2.24) is 4.90 Å². The molecular formula is C29H29FN2O6S. The Kier molecular flexibility index (Phi) is 6.78. The van der Waals surface area contributed by atoms with Gasteiger partial charge in [-0.15, -0.1) is 0 Å². The molecule has 3 aromatic rings. The molecular weight excluding hydrogens is 523 g/mol. The van der Waals surface area contributed by atoms with E-state index >= 15 is 0 Å². The monoisotopic (exact) mass is 552 g/mol. The molecule has 2 N–H and O–H groups in total. The van der Waals surface area contributed by atoms with Gasteiger partial charge in [-0.1, -0.05) is 24.3 Å². The first-order chi connectivity index (χ1) is 18.8. The Morgan fingerprint density at radius 2 is 1.85 bits per heavy atom. The van der Waals surface area contributed by atoms with Gasteiger partial charge in [0.25, 0.3) is 10.0 Å². The summed E-state index contributed by atoms with van der Waals surface area (Å²) in [6.45, 7) is 0.962. The van der Waals surface area contributed by atoms with Gasteiger partial charge < -0.3 is 19.5 Å². The number of ether oxygens (including phenoxy) is 2. The third-order valence-electron chi connectivity index (χ3n) is 7.76. The zero-order chi connectivity index (χ0) is 27.1. The number of aliphatic hydroxyl groups excluding tert-OH is 1. The summed E-state index contributed by atoms with van der Waals surface area (Å²) in [6.07, 6.45) is 0.0294. The summed E-state index contributed by atoms with van der Waals surface area (Å²) in [5.74, 6) is -0.104. The number of halogens is 1. The van der Waals surface area contributed by atoms with E-state index in [4.69, 9.17) is 9.47 Å². The van der Waals surface area contributed by atoms with Gasteiger partial charge >= 0.3 is 0 Å². The maximum atomic E-state index is 13.3. The molecule has 204 valence electrons. The first-order valence-corrected chi connectivity index (χ1v) is 14.5. The van der Waals surface area contributed by atoms with E-state index in [1.54, 1.807) is 18.2 Å². The first-order valence-electron chi connectivity index (χ1n) is 13.0. The van der Waals surface area contributed by atoms with E-state index in [0.29, 0.717) is 30.9 Å². The van der Waals surface area contributed by atoms with Gasteiger partial charge in [-0.05, 0) is 66.4 Å². The van der Waals surface area contributed by atoms with Gasteiger partial charge in [0.15, 0.2) is 0 Å². The number of benzene rings is 3. The molecule has 39 heavy (non-hydrogen) atoms. The highest BCUT2D eigenvalue weighted by molar-refractivity contribution is 7.92. The number of rotatable bonds is 6. The lowest BCUT2D eigenvalue weighted by molar-refractivity contribution is -0.149. The second-order valence-corrected chi connectivity index (χ2v) is 11.9.